The molecule has 1 aliphatic heterocycles. The normalized spacial score (nSPS) is 19.6. The van der Waals surface area contributed by atoms with Crippen molar-refractivity contribution in [2.75, 3.05) is 33.3 Å². The highest BCUT2D eigenvalue weighted by atomic mass is 16.5. The van der Waals surface area contributed by atoms with Crippen LogP contribution in [-0.2, 0) is 9.59 Å². The number of rotatable bonds is 6. The summed E-state index contributed by atoms with van der Waals surface area (Å²) in [4.78, 5) is 28.9. The minimum absolute atomic E-state index is 0.0606. The van der Waals surface area contributed by atoms with Crippen LogP contribution in [0.1, 0.15) is 44.6 Å². The van der Waals surface area contributed by atoms with E-state index >= 15 is 0 Å². The number of carbonyl (C=O) groups excluding carboxylic acids is 2. The maximum Gasteiger partial charge on any atom is 0.232 e. The number of hydrogen-bond acceptors (Lipinski definition) is 6. The minimum atomic E-state index is -0.401. The first-order valence-electron chi connectivity index (χ1n) is 11.3. The monoisotopic (exact) mass is 465 g/mol. The SMILES string of the molecule is COc1cccc(N2C(=O)CC(c3cc(OC)c(OC)c(OC)c3)C3=C2CC(C)(C)CC3=O)c1. The molecule has 34 heavy (non-hydrogen) atoms. The van der Waals surface area contributed by atoms with Gasteiger partial charge >= 0.3 is 0 Å². The van der Waals surface area contributed by atoms with Crippen molar-refractivity contribution >= 4 is 17.4 Å². The predicted molar refractivity (Wildman–Crippen MR) is 129 cm³/mol. The Morgan fingerprint density at radius 2 is 1.56 bits per heavy atom. The van der Waals surface area contributed by atoms with E-state index < -0.39 is 5.92 Å². The maximum absolute atomic E-state index is 13.6. The summed E-state index contributed by atoms with van der Waals surface area (Å²) in [5, 5.41) is 0. The molecule has 1 heterocycles. The predicted octanol–water partition coefficient (Wildman–Crippen LogP) is 4.88. The standard InChI is InChI=1S/C27H31NO6/c1-27(2)14-20-25(21(29)15-27)19(16-10-22(32-4)26(34-6)23(11-16)33-5)13-24(30)28(20)17-8-7-9-18(12-17)31-3/h7-12,19H,13-15H2,1-6H3. The number of benzene rings is 2. The lowest BCUT2D eigenvalue weighted by atomic mass is 9.69. The summed E-state index contributed by atoms with van der Waals surface area (Å²) in [6, 6.07) is 11.0. The lowest BCUT2D eigenvalue weighted by Gasteiger charge is -2.43. The lowest BCUT2D eigenvalue weighted by Crippen LogP contribution is -2.43. The molecule has 7 nitrogen and oxygen atoms in total. The van der Waals surface area contributed by atoms with Crippen molar-refractivity contribution in [3.63, 3.8) is 0 Å². The van der Waals surface area contributed by atoms with Crippen LogP contribution in [0.3, 0.4) is 0 Å². The summed E-state index contributed by atoms with van der Waals surface area (Å²) in [6.45, 7) is 4.12. The number of ketones is 1. The number of hydrogen-bond donors (Lipinski definition) is 0. The van der Waals surface area contributed by atoms with Gasteiger partial charge in [0.1, 0.15) is 5.75 Å². The van der Waals surface area contributed by atoms with Gasteiger partial charge in [-0.25, -0.2) is 0 Å². The van der Waals surface area contributed by atoms with Crippen molar-refractivity contribution < 1.29 is 28.5 Å². The van der Waals surface area contributed by atoms with Gasteiger partial charge in [0.05, 0.1) is 34.1 Å². The van der Waals surface area contributed by atoms with Crippen LogP contribution < -0.4 is 23.8 Å². The number of Topliss-reactive ketones (excluding diaryl/α,β-unsaturated/α-hetero) is 1. The number of ether oxygens (including phenoxy) is 4. The number of carbonyl (C=O) groups is 2. The maximum atomic E-state index is 13.6. The molecule has 0 spiro atoms. The van der Waals surface area contributed by atoms with Gasteiger partial charge in [-0.15, -0.1) is 0 Å². The third-order valence-corrected chi connectivity index (χ3v) is 6.54. The average Bonchev–Trinajstić information content (AvgIpc) is 2.81. The number of allylic oxidation sites excluding steroid dienone is 2. The van der Waals surface area contributed by atoms with Gasteiger partial charge < -0.3 is 18.9 Å². The third-order valence-electron chi connectivity index (χ3n) is 6.54. The van der Waals surface area contributed by atoms with Crippen molar-refractivity contribution in [1.29, 1.82) is 0 Å². The third kappa shape index (κ3) is 4.11. The molecule has 0 bridgehead atoms. The van der Waals surface area contributed by atoms with E-state index in [9.17, 15) is 9.59 Å². The molecular formula is C27H31NO6. The van der Waals surface area contributed by atoms with Gasteiger partial charge in [-0.2, -0.15) is 0 Å². The largest absolute Gasteiger partial charge is 0.497 e. The van der Waals surface area contributed by atoms with Crippen LogP contribution in [-0.4, -0.2) is 40.1 Å². The first-order valence-corrected chi connectivity index (χ1v) is 11.3. The molecule has 0 fully saturated rings. The van der Waals surface area contributed by atoms with Gasteiger partial charge in [0.25, 0.3) is 0 Å². The molecule has 0 saturated heterocycles. The van der Waals surface area contributed by atoms with E-state index in [1.807, 2.05) is 36.4 Å². The number of amides is 1. The molecule has 1 amide bonds. The summed E-state index contributed by atoms with van der Waals surface area (Å²) in [7, 11) is 6.24. The second kappa shape index (κ2) is 9.05. The highest BCUT2D eigenvalue weighted by molar-refractivity contribution is 6.08. The molecule has 0 N–H and O–H groups in total. The number of anilines is 1. The van der Waals surface area contributed by atoms with Crippen molar-refractivity contribution in [3.05, 3.63) is 53.2 Å². The number of methoxy groups -OCH3 is 4. The molecule has 1 unspecified atom stereocenters. The zero-order valence-corrected chi connectivity index (χ0v) is 20.6. The fourth-order valence-corrected chi connectivity index (χ4v) is 5.05. The van der Waals surface area contributed by atoms with Crippen LogP contribution >= 0.6 is 0 Å². The van der Waals surface area contributed by atoms with Crippen molar-refractivity contribution in [1.82, 2.24) is 0 Å². The van der Waals surface area contributed by atoms with Gasteiger partial charge in [-0.05, 0) is 41.7 Å². The average molecular weight is 466 g/mol. The van der Waals surface area contributed by atoms with Gasteiger partial charge in [0.15, 0.2) is 17.3 Å². The van der Waals surface area contributed by atoms with Gasteiger partial charge in [0, 0.05) is 36.1 Å². The topological polar surface area (TPSA) is 74.3 Å². The summed E-state index contributed by atoms with van der Waals surface area (Å²) >= 11 is 0. The summed E-state index contributed by atoms with van der Waals surface area (Å²) in [5.41, 5.74) is 2.66. The van der Waals surface area contributed by atoms with E-state index in [0.29, 0.717) is 47.1 Å². The zero-order chi connectivity index (χ0) is 24.6. The van der Waals surface area contributed by atoms with Crippen LogP contribution in [0.4, 0.5) is 5.69 Å². The highest BCUT2D eigenvalue weighted by Gasteiger charge is 2.44. The smallest absolute Gasteiger partial charge is 0.232 e. The Balaban J connectivity index is 1.92. The Hall–Kier alpha value is -3.48. The lowest BCUT2D eigenvalue weighted by molar-refractivity contribution is -0.121. The van der Waals surface area contributed by atoms with Crippen molar-refractivity contribution in [3.8, 4) is 23.0 Å². The van der Waals surface area contributed by atoms with Crippen LogP contribution in [0.5, 0.6) is 23.0 Å². The van der Waals surface area contributed by atoms with E-state index in [1.165, 1.54) is 0 Å². The molecule has 1 atom stereocenters. The molecule has 2 aromatic carbocycles. The molecule has 0 aromatic heterocycles. The number of nitrogens with zero attached hydrogens (tertiary/aromatic N) is 1. The molecule has 0 saturated carbocycles. The first kappa shape index (κ1) is 23.7. The molecule has 7 heteroatoms. The van der Waals surface area contributed by atoms with E-state index in [4.69, 9.17) is 18.9 Å². The molecule has 1 aliphatic carbocycles. The van der Waals surface area contributed by atoms with Crippen molar-refractivity contribution in [2.45, 2.75) is 39.0 Å². The Morgan fingerprint density at radius 1 is 0.882 bits per heavy atom. The zero-order valence-electron chi connectivity index (χ0n) is 20.6. The van der Waals surface area contributed by atoms with Crippen LogP contribution in [0.25, 0.3) is 0 Å². The van der Waals surface area contributed by atoms with E-state index in [2.05, 4.69) is 13.8 Å². The Morgan fingerprint density at radius 3 is 2.15 bits per heavy atom. The minimum Gasteiger partial charge on any atom is -0.497 e. The van der Waals surface area contributed by atoms with E-state index in [1.54, 1.807) is 33.3 Å². The Labute approximate surface area is 200 Å². The van der Waals surface area contributed by atoms with E-state index in [-0.39, 0.29) is 23.5 Å². The van der Waals surface area contributed by atoms with E-state index in [0.717, 1.165) is 11.3 Å². The van der Waals surface area contributed by atoms with Gasteiger partial charge in [0.2, 0.25) is 11.7 Å². The second-order valence-electron chi connectivity index (χ2n) is 9.45. The Bertz CT molecular complexity index is 1140. The molecule has 4 rings (SSSR count). The Kier molecular flexibility index (Phi) is 6.30. The molecule has 0 radical (unpaired) electrons. The molecule has 2 aromatic rings. The van der Waals surface area contributed by atoms with Crippen molar-refractivity contribution in [2.24, 2.45) is 5.41 Å². The highest BCUT2D eigenvalue weighted by Crippen LogP contribution is 2.50. The van der Waals surface area contributed by atoms with Crippen LogP contribution in [0.2, 0.25) is 0 Å². The summed E-state index contributed by atoms with van der Waals surface area (Å²) < 4.78 is 21.9. The first-order chi connectivity index (χ1) is 16.2. The molecular weight excluding hydrogens is 434 g/mol. The van der Waals surface area contributed by atoms with Crippen LogP contribution in [0, 0.1) is 5.41 Å². The second-order valence-corrected chi connectivity index (χ2v) is 9.45. The molecule has 2 aliphatic rings. The molecule has 180 valence electrons. The summed E-state index contributed by atoms with van der Waals surface area (Å²) in [6.07, 6.45) is 1.19. The van der Waals surface area contributed by atoms with Crippen LogP contribution in [0.15, 0.2) is 47.7 Å². The van der Waals surface area contributed by atoms with Gasteiger partial charge in [-0.1, -0.05) is 19.9 Å². The quantitative estimate of drug-likeness (QED) is 0.605. The fourth-order valence-electron chi connectivity index (χ4n) is 5.05. The summed E-state index contributed by atoms with van der Waals surface area (Å²) in [5.74, 6) is 1.69. The fraction of sp³-hybridized carbons (Fsp3) is 0.407. The van der Waals surface area contributed by atoms with Gasteiger partial charge in [-0.3, -0.25) is 14.5 Å².